The van der Waals surface area contributed by atoms with Crippen molar-refractivity contribution in [2.45, 2.75) is 0 Å². The lowest BCUT2D eigenvalue weighted by molar-refractivity contribution is 0.983. The summed E-state index contributed by atoms with van der Waals surface area (Å²) in [6.45, 7) is 6.53. The number of rotatable bonds is 3. The van der Waals surface area contributed by atoms with Gasteiger partial charge in [0.05, 0.1) is 6.20 Å². The van der Waals surface area contributed by atoms with E-state index in [0.29, 0.717) is 0 Å². The van der Waals surface area contributed by atoms with Crippen molar-refractivity contribution < 1.29 is 0 Å². The minimum atomic E-state index is 1.34. The Labute approximate surface area is 48.1 Å². The molecule has 0 fully saturated rings. The zero-order valence-electron chi connectivity index (χ0n) is 4.46. The van der Waals surface area contributed by atoms with Gasteiger partial charge in [-0.3, -0.25) is 10.4 Å². The Morgan fingerprint density at radius 2 is 2.38 bits per heavy atom. The van der Waals surface area contributed by atoms with Gasteiger partial charge >= 0.3 is 0 Å². The van der Waals surface area contributed by atoms with Crippen molar-refractivity contribution in [2.24, 2.45) is 10.1 Å². The molecule has 0 aliphatic heterocycles. The Kier molecular flexibility index (Phi) is 4.71. The third-order valence-electron chi connectivity index (χ3n) is 0.369. The molecule has 0 heterocycles. The summed E-state index contributed by atoms with van der Waals surface area (Å²) in [4.78, 5) is 3.35. The lowest BCUT2D eigenvalue weighted by Crippen LogP contribution is -1.87. The van der Waals surface area contributed by atoms with Crippen LogP contribution in [0.1, 0.15) is 0 Å². The number of hydrazone groups is 1. The first-order chi connectivity index (χ1) is 3.91. The second-order valence-electron chi connectivity index (χ2n) is 0.886. The lowest BCUT2D eigenvalue weighted by Gasteiger charge is -1.76. The van der Waals surface area contributed by atoms with Crippen molar-refractivity contribution in [3.8, 4) is 0 Å². The minimum Gasteiger partial charge on any atom is -0.278 e. The summed E-state index contributed by atoms with van der Waals surface area (Å²) in [6, 6.07) is 0. The normalized spacial score (nSPS) is 6.00. The molecule has 0 saturated carbocycles. The monoisotopic (exact) mass is 109 g/mol. The zero-order chi connectivity index (χ0) is 6.24. The van der Waals surface area contributed by atoms with E-state index in [0.717, 1.165) is 0 Å². The topological polar surface area (TPSA) is 36.8 Å². The Hall–Kier alpha value is -1.34. The predicted octanol–water partition coefficient (Wildman–Crippen LogP) is 0.518. The van der Waals surface area contributed by atoms with Crippen LogP contribution in [0.25, 0.3) is 0 Å². The molecule has 3 heteroatoms. The van der Waals surface area contributed by atoms with Gasteiger partial charge in [0.25, 0.3) is 0 Å². The van der Waals surface area contributed by atoms with E-state index in [1.54, 1.807) is 0 Å². The van der Waals surface area contributed by atoms with Crippen LogP contribution in [-0.4, -0.2) is 12.6 Å². The SMILES string of the molecule is C=CNN=C=CN=C. The highest BCUT2D eigenvalue weighted by atomic mass is 15.3. The quantitative estimate of drug-likeness (QED) is 0.416. The molecule has 0 radical (unpaired) electrons. The fraction of sp³-hybridized carbons (Fsp3) is 0. The molecule has 0 aliphatic rings. The smallest absolute Gasteiger partial charge is 0.0892 e. The highest BCUT2D eigenvalue weighted by Crippen LogP contribution is 1.56. The van der Waals surface area contributed by atoms with Gasteiger partial charge in [0.1, 0.15) is 0 Å². The number of nitrogens with zero attached hydrogens (tertiary/aromatic N) is 2. The van der Waals surface area contributed by atoms with Crippen LogP contribution in [0, 0.1) is 0 Å². The number of hydrogen-bond donors (Lipinski definition) is 1. The van der Waals surface area contributed by atoms with Crippen LogP contribution in [0.2, 0.25) is 0 Å². The van der Waals surface area contributed by atoms with Crippen LogP contribution in [0.15, 0.2) is 29.1 Å². The molecule has 0 unspecified atom stereocenters. The molecule has 0 aromatic carbocycles. The summed E-state index contributed by atoms with van der Waals surface area (Å²) in [6.07, 6.45) is 2.78. The van der Waals surface area contributed by atoms with Gasteiger partial charge in [0, 0.05) is 12.1 Å². The maximum absolute atomic E-state index is 3.47. The molecule has 0 saturated heterocycles. The largest absolute Gasteiger partial charge is 0.278 e. The first-order valence-electron chi connectivity index (χ1n) is 2.01. The van der Waals surface area contributed by atoms with E-state index in [1.165, 1.54) is 12.4 Å². The number of aliphatic imine (C=N–C) groups is 1. The van der Waals surface area contributed by atoms with Crippen molar-refractivity contribution >= 4 is 12.6 Å². The molecule has 0 aromatic heterocycles. The van der Waals surface area contributed by atoms with Crippen LogP contribution in [0.4, 0.5) is 0 Å². The average Bonchev–Trinajstić information content (AvgIpc) is 1.81. The summed E-state index contributed by atoms with van der Waals surface area (Å²) in [5, 5.41) is 3.47. The van der Waals surface area contributed by atoms with Gasteiger partial charge in [-0.05, 0) is 6.72 Å². The van der Waals surface area contributed by atoms with E-state index in [1.807, 2.05) is 0 Å². The third kappa shape index (κ3) is 4.66. The molecule has 1 N–H and O–H groups in total. The van der Waals surface area contributed by atoms with Crippen LogP contribution in [-0.2, 0) is 0 Å². The van der Waals surface area contributed by atoms with Gasteiger partial charge in [-0.1, -0.05) is 6.58 Å². The van der Waals surface area contributed by atoms with Crippen molar-refractivity contribution in [1.29, 1.82) is 0 Å². The Bertz CT molecular complexity index is 131. The van der Waals surface area contributed by atoms with Crippen molar-refractivity contribution in [3.05, 3.63) is 19.0 Å². The second-order valence-corrected chi connectivity index (χ2v) is 0.886. The summed E-state index contributed by atoms with van der Waals surface area (Å²) in [7, 11) is 0. The molecular weight excluding hydrogens is 102 g/mol. The summed E-state index contributed by atoms with van der Waals surface area (Å²) in [5.74, 6) is 2.42. The highest BCUT2D eigenvalue weighted by Gasteiger charge is 1.52. The Morgan fingerprint density at radius 3 is 2.88 bits per heavy atom. The van der Waals surface area contributed by atoms with Gasteiger partial charge in [0.2, 0.25) is 0 Å². The molecule has 0 bridgehead atoms. The van der Waals surface area contributed by atoms with E-state index in [2.05, 4.69) is 34.7 Å². The molecule has 3 nitrogen and oxygen atoms in total. The lowest BCUT2D eigenvalue weighted by atomic mass is 11.0. The molecule has 0 aromatic rings. The number of hydrogen-bond acceptors (Lipinski definition) is 3. The molecular formula is C5H7N3. The molecule has 8 heavy (non-hydrogen) atoms. The Balaban J connectivity index is 3.46. The number of nitrogens with one attached hydrogen (secondary N) is 1. The highest BCUT2D eigenvalue weighted by molar-refractivity contribution is 5.52. The van der Waals surface area contributed by atoms with Crippen LogP contribution < -0.4 is 5.43 Å². The zero-order valence-corrected chi connectivity index (χ0v) is 4.46. The predicted molar refractivity (Wildman–Crippen MR) is 34.9 cm³/mol. The molecule has 42 valence electrons. The summed E-state index contributed by atoms with van der Waals surface area (Å²) < 4.78 is 0. The molecule has 0 spiro atoms. The minimum absolute atomic E-state index is 1.34. The Morgan fingerprint density at radius 1 is 1.62 bits per heavy atom. The third-order valence-corrected chi connectivity index (χ3v) is 0.369. The molecule has 0 aliphatic carbocycles. The van der Waals surface area contributed by atoms with Gasteiger partial charge in [-0.15, -0.1) is 5.10 Å². The molecule has 0 rings (SSSR count). The van der Waals surface area contributed by atoms with Crippen molar-refractivity contribution in [2.75, 3.05) is 0 Å². The summed E-state index contributed by atoms with van der Waals surface area (Å²) in [5.41, 5.74) is 2.44. The maximum Gasteiger partial charge on any atom is 0.0892 e. The maximum atomic E-state index is 3.47. The van der Waals surface area contributed by atoms with Gasteiger partial charge in [-0.25, -0.2) is 0 Å². The van der Waals surface area contributed by atoms with E-state index < -0.39 is 0 Å². The van der Waals surface area contributed by atoms with E-state index in [-0.39, 0.29) is 0 Å². The van der Waals surface area contributed by atoms with Gasteiger partial charge in [-0.2, -0.15) is 0 Å². The van der Waals surface area contributed by atoms with E-state index >= 15 is 0 Å². The van der Waals surface area contributed by atoms with Crippen LogP contribution in [0.5, 0.6) is 0 Å². The average molecular weight is 109 g/mol. The molecule has 0 atom stereocenters. The first-order valence-corrected chi connectivity index (χ1v) is 2.01. The van der Waals surface area contributed by atoms with Crippen LogP contribution in [0.3, 0.4) is 0 Å². The van der Waals surface area contributed by atoms with Crippen molar-refractivity contribution in [3.63, 3.8) is 0 Å². The van der Waals surface area contributed by atoms with E-state index in [9.17, 15) is 0 Å². The van der Waals surface area contributed by atoms with Gasteiger partial charge < -0.3 is 0 Å². The van der Waals surface area contributed by atoms with Crippen molar-refractivity contribution in [1.82, 2.24) is 5.43 Å². The first kappa shape index (κ1) is 6.66. The van der Waals surface area contributed by atoms with Gasteiger partial charge in [0.15, 0.2) is 0 Å². The fourth-order valence-electron chi connectivity index (χ4n) is 0.153. The summed E-state index contributed by atoms with van der Waals surface area (Å²) >= 11 is 0. The standard InChI is InChI=1S/C5H7N3/c1-3-7-8-5-4-6-2/h3-4,7H,1-2H2. The second kappa shape index (κ2) is 5.66. The fourth-order valence-corrected chi connectivity index (χ4v) is 0.153. The molecule has 0 amide bonds. The van der Waals surface area contributed by atoms with E-state index in [4.69, 9.17) is 0 Å². The van der Waals surface area contributed by atoms with Crippen LogP contribution >= 0.6 is 0 Å².